The van der Waals surface area contributed by atoms with Crippen LogP contribution >= 0.6 is 0 Å². The quantitative estimate of drug-likeness (QED) is 0.447. The smallest absolute Gasteiger partial charge is 0.127 e. The zero-order valence-electron chi connectivity index (χ0n) is 17.4. The summed E-state index contributed by atoms with van der Waals surface area (Å²) in [5.74, 6) is 3.19. The van der Waals surface area contributed by atoms with E-state index >= 15 is 0 Å². The maximum Gasteiger partial charge on any atom is 0.127 e. The number of aromatic nitrogens is 1. The van der Waals surface area contributed by atoms with E-state index in [2.05, 4.69) is 60.4 Å². The maximum absolute atomic E-state index is 6.80. The first-order chi connectivity index (χ1) is 14.3. The fourth-order valence-electron chi connectivity index (χ4n) is 5.70. The number of hydrogen-bond acceptors (Lipinski definition) is 2. The molecule has 0 bridgehead atoms. The lowest BCUT2D eigenvalue weighted by molar-refractivity contribution is 0.0685. The molecule has 2 aliphatic carbocycles. The van der Waals surface area contributed by atoms with Crippen LogP contribution < -0.4 is 4.74 Å². The van der Waals surface area contributed by atoms with Crippen molar-refractivity contribution in [3.8, 4) is 5.75 Å². The number of pyridine rings is 1. The second-order valence-electron chi connectivity index (χ2n) is 9.21. The zero-order chi connectivity index (χ0) is 19.6. The van der Waals surface area contributed by atoms with Gasteiger partial charge in [-0.15, -0.1) is 0 Å². The van der Waals surface area contributed by atoms with Crippen molar-refractivity contribution in [1.82, 2.24) is 4.98 Å². The maximum atomic E-state index is 6.80. The van der Waals surface area contributed by atoms with Gasteiger partial charge in [-0.1, -0.05) is 62.9 Å². The predicted molar refractivity (Wildman–Crippen MR) is 119 cm³/mol. The average Bonchev–Trinajstić information content (AvgIpc) is 2.98. The Bertz CT molecular complexity index is 981. The van der Waals surface area contributed by atoms with E-state index < -0.39 is 0 Å². The molecular weight excluding hydrogens is 354 g/mol. The Morgan fingerprint density at radius 2 is 1.83 bits per heavy atom. The van der Waals surface area contributed by atoms with Gasteiger partial charge in [-0.2, -0.15) is 0 Å². The summed E-state index contributed by atoms with van der Waals surface area (Å²) in [6, 6.07) is 17.5. The molecule has 29 heavy (non-hydrogen) atoms. The van der Waals surface area contributed by atoms with Crippen molar-refractivity contribution in [1.29, 1.82) is 0 Å². The van der Waals surface area contributed by atoms with Crippen molar-refractivity contribution >= 4 is 10.8 Å². The Morgan fingerprint density at radius 3 is 2.79 bits per heavy atom. The van der Waals surface area contributed by atoms with Gasteiger partial charge in [-0.05, 0) is 65.8 Å². The topological polar surface area (TPSA) is 22.1 Å². The molecule has 3 aromatic rings. The molecule has 5 rings (SSSR count). The highest BCUT2D eigenvalue weighted by atomic mass is 16.5. The van der Waals surface area contributed by atoms with E-state index in [1.54, 1.807) is 0 Å². The van der Waals surface area contributed by atoms with Gasteiger partial charge in [0, 0.05) is 23.7 Å². The molecule has 0 saturated heterocycles. The number of nitrogens with zero attached hydrogens (tertiary/aromatic N) is 1. The van der Waals surface area contributed by atoms with Gasteiger partial charge in [0.1, 0.15) is 11.9 Å². The summed E-state index contributed by atoms with van der Waals surface area (Å²) in [7, 11) is 0. The molecule has 2 nitrogen and oxygen atoms in total. The molecule has 2 heteroatoms. The molecule has 0 spiro atoms. The molecule has 0 aliphatic heterocycles. The first kappa shape index (κ1) is 18.7. The van der Waals surface area contributed by atoms with E-state index in [0.29, 0.717) is 5.92 Å². The molecule has 4 atom stereocenters. The van der Waals surface area contributed by atoms with Gasteiger partial charge in [-0.25, -0.2) is 0 Å². The monoisotopic (exact) mass is 385 g/mol. The van der Waals surface area contributed by atoms with Crippen LogP contribution in [0.3, 0.4) is 0 Å². The Balaban J connectivity index is 1.49. The van der Waals surface area contributed by atoms with Crippen molar-refractivity contribution in [2.75, 3.05) is 0 Å². The van der Waals surface area contributed by atoms with Crippen molar-refractivity contribution < 1.29 is 4.74 Å². The Labute approximate surface area is 174 Å². The first-order valence-electron chi connectivity index (χ1n) is 11.4. The summed E-state index contributed by atoms with van der Waals surface area (Å²) in [6.45, 7) is 2.45. The average molecular weight is 386 g/mol. The lowest BCUT2D eigenvalue weighted by Crippen LogP contribution is -2.31. The largest absolute Gasteiger partial charge is 0.485 e. The molecule has 2 aromatic carbocycles. The summed E-state index contributed by atoms with van der Waals surface area (Å²) in [5, 5.41) is 2.36. The Hall–Kier alpha value is -2.35. The second kappa shape index (κ2) is 8.18. The fourth-order valence-corrected chi connectivity index (χ4v) is 5.70. The number of hydrogen-bond donors (Lipinski definition) is 0. The van der Waals surface area contributed by atoms with Crippen LogP contribution in [0.15, 0.2) is 60.9 Å². The minimum absolute atomic E-state index is 0.157. The van der Waals surface area contributed by atoms with E-state index in [9.17, 15) is 0 Å². The molecular formula is C27H31NO. The second-order valence-corrected chi connectivity index (χ2v) is 9.21. The molecule has 0 N–H and O–H groups in total. The first-order valence-corrected chi connectivity index (χ1v) is 11.4. The molecule has 0 amide bonds. The lowest BCUT2D eigenvalue weighted by atomic mass is 9.71. The summed E-state index contributed by atoms with van der Waals surface area (Å²) >= 11 is 0. The van der Waals surface area contributed by atoms with Gasteiger partial charge in [0.15, 0.2) is 0 Å². The number of rotatable bonds is 3. The Kier molecular flexibility index (Phi) is 5.26. The van der Waals surface area contributed by atoms with Crippen LogP contribution in [0.2, 0.25) is 0 Å². The third kappa shape index (κ3) is 3.90. The van der Waals surface area contributed by atoms with E-state index in [-0.39, 0.29) is 6.10 Å². The van der Waals surface area contributed by atoms with E-state index in [1.807, 2.05) is 12.4 Å². The molecule has 0 radical (unpaired) electrons. The molecule has 1 fully saturated rings. The SMILES string of the molecule is CC1CCCCC(C2CCc3ccccc3C2Oc2ccc3ccncc3c2)C1. The molecule has 1 saturated carbocycles. The van der Waals surface area contributed by atoms with Crippen molar-refractivity contribution in [3.63, 3.8) is 0 Å². The minimum Gasteiger partial charge on any atom is -0.485 e. The van der Waals surface area contributed by atoms with Crippen molar-refractivity contribution in [2.45, 2.75) is 58.0 Å². The van der Waals surface area contributed by atoms with Crippen LogP contribution in [0.25, 0.3) is 10.8 Å². The summed E-state index contributed by atoms with van der Waals surface area (Å²) < 4.78 is 6.80. The van der Waals surface area contributed by atoms with Crippen LogP contribution in [-0.2, 0) is 6.42 Å². The Morgan fingerprint density at radius 1 is 0.931 bits per heavy atom. The van der Waals surface area contributed by atoms with E-state index in [4.69, 9.17) is 4.74 Å². The summed E-state index contributed by atoms with van der Waals surface area (Å²) in [5.41, 5.74) is 2.88. The fraction of sp³-hybridized carbons (Fsp3) is 0.444. The molecule has 4 unspecified atom stereocenters. The van der Waals surface area contributed by atoms with Crippen LogP contribution in [0.5, 0.6) is 5.75 Å². The van der Waals surface area contributed by atoms with Crippen LogP contribution in [0.1, 0.15) is 62.7 Å². The normalized spacial score (nSPS) is 27.2. The zero-order valence-corrected chi connectivity index (χ0v) is 17.4. The molecule has 150 valence electrons. The van der Waals surface area contributed by atoms with Gasteiger partial charge >= 0.3 is 0 Å². The van der Waals surface area contributed by atoms with Gasteiger partial charge in [0.05, 0.1) is 0 Å². The highest BCUT2D eigenvalue weighted by Crippen LogP contribution is 2.46. The minimum atomic E-state index is 0.157. The highest BCUT2D eigenvalue weighted by Gasteiger charge is 2.37. The van der Waals surface area contributed by atoms with Gasteiger partial charge in [0.25, 0.3) is 0 Å². The standard InChI is InChI=1S/C27H31NO/c1-19-6-2-3-8-22(16-19)26-13-11-21-7-4-5-9-25(21)27(26)29-24-12-10-20-14-15-28-18-23(20)17-24/h4-5,7,9-10,12,14-15,17-19,22,26-27H,2-3,6,8,11,13,16H2,1H3. The van der Waals surface area contributed by atoms with Crippen molar-refractivity contribution in [2.24, 2.45) is 17.8 Å². The third-order valence-electron chi connectivity index (χ3n) is 7.21. The molecule has 1 aromatic heterocycles. The van der Waals surface area contributed by atoms with E-state index in [0.717, 1.165) is 23.0 Å². The highest BCUT2D eigenvalue weighted by molar-refractivity contribution is 5.82. The van der Waals surface area contributed by atoms with Gasteiger partial charge < -0.3 is 4.74 Å². The third-order valence-corrected chi connectivity index (χ3v) is 7.21. The van der Waals surface area contributed by atoms with E-state index in [1.165, 1.54) is 61.5 Å². The molecule has 2 aliphatic rings. The number of benzene rings is 2. The lowest BCUT2D eigenvalue weighted by Gasteiger charge is -2.39. The number of ether oxygens (including phenoxy) is 1. The number of aryl methyl sites for hydroxylation is 1. The predicted octanol–water partition coefficient (Wildman–Crippen LogP) is 7.13. The van der Waals surface area contributed by atoms with Gasteiger partial charge in [0.2, 0.25) is 0 Å². The van der Waals surface area contributed by atoms with Gasteiger partial charge in [-0.3, -0.25) is 4.98 Å². The van der Waals surface area contributed by atoms with Crippen LogP contribution in [0, 0.1) is 17.8 Å². The molecule has 1 heterocycles. The summed E-state index contributed by atoms with van der Waals surface area (Å²) in [4.78, 5) is 4.29. The number of fused-ring (bicyclic) bond motifs is 2. The van der Waals surface area contributed by atoms with Crippen molar-refractivity contribution in [3.05, 3.63) is 72.1 Å². The summed E-state index contributed by atoms with van der Waals surface area (Å²) in [6.07, 6.45) is 13.2. The van der Waals surface area contributed by atoms with Crippen LogP contribution in [-0.4, -0.2) is 4.98 Å². The van der Waals surface area contributed by atoms with Crippen LogP contribution in [0.4, 0.5) is 0 Å².